The normalized spacial score (nSPS) is 10.3. The van der Waals surface area contributed by atoms with Gasteiger partial charge in [-0.2, -0.15) is 0 Å². The maximum absolute atomic E-state index is 5.76. The third-order valence-electron chi connectivity index (χ3n) is 2.94. The van der Waals surface area contributed by atoms with E-state index in [1.165, 1.54) is 5.56 Å². The smallest absolute Gasteiger partial charge is 0.0445 e. The van der Waals surface area contributed by atoms with Crippen molar-refractivity contribution in [2.24, 2.45) is 5.73 Å². The van der Waals surface area contributed by atoms with Crippen molar-refractivity contribution >= 4 is 5.69 Å². The fourth-order valence-electron chi connectivity index (χ4n) is 1.96. The minimum atomic E-state index is 0.510. The van der Waals surface area contributed by atoms with Crippen LogP contribution in [0.25, 0.3) is 0 Å². The van der Waals surface area contributed by atoms with E-state index < -0.39 is 0 Å². The van der Waals surface area contributed by atoms with Crippen LogP contribution in [-0.2, 0) is 13.1 Å². The monoisotopic (exact) mass is 242 g/mol. The summed E-state index contributed by atoms with van der Waals surface area (Å²) in [6.45, 7) is 4.44. The Morgan fingerprint density at radius 2 is 1.83 bits per heavy atom. The fraction of sp³-hybridized carbons (Fsp3) is 0.286. The molecule has 0 aliphatic carbocycles. The molecule has 0 spiro atoms. The van der Waals surface area contributed by atoms with Crippen molar-refractivity contribution in [3.05, 3.63) is 54.1 Å². The highest BCUT2D eigenvalue weighted by atomic mass is 15.1. The average molecular weight is 242 g/mol. The van der Waals surface area contributed by atoms with Gasteiger partial charge in [-0.25, -0.2) is 0 Å². The molecule has 0 bridgehead atoms. The predicted molar refractivity (Wildman–Crippen MR) is 73.1 cm³/mol. The standard InChI is InChI=1S/C14H18N4/c1-2-18(11-12-3-6-16-7-4-12)14-5-8-17-10-13(14)9-15/h3-8,10H,2,9,11,15H2,1H3. The van der Waals surface area contributed by atoms with Crippen LogP contribution in [0.5, 0.6) is 0 Å². The zero-order chi connectivity index (χ0) is 12.8. The number of anilines is 1. The summed E-state index contributed by atoms with van der Waals surface area (Å²) in [7, 11) is 0. The van der Waals surface area contributed by atoms with Crippen molar-refractivity contribution in [2.75, 3.05) is 11.4 Å². The maximum atomic E-state index is 5.76. The van der Waals surface area contributed by atoms with Crippen molar-refractivity contribution < 1.29 is 0 Å². The summed E-state index contributed by atoms with van der Waals surface area (Å²) < 4.78 is 0. The Morgan fingerprint density at radius 3 is 2.50 bits per heavy atom. The lowest BCUT2D eigenvalue weighted by atomic mass is 10.2. The molecule has 0 aliphatic rings. The molecule has 2 aromatic heterocycles. The lowest BCUT2D eigenvalue weighted by Gasteiger charge is -2.25. The Balaban J connectivity index is 2.23. The molecular weight excluding hydrogens is 224 g/mol. The highest BCUT2D eigenvalue weighted by Crippen LogP contribution is 2.20. The largest absolute Gasteiger partial charge is 0.367 e. The van der Waals surface area contributed by atoms with Gasteiger partial charge >= 0.3 is 0 Å². The number of hydrogen-bond donors (Lipinski definition) is 1. The molecule has 0 atom stereocenters. The van der Waals surface area contributed by atoms with E-state index in [9.17, 15) is 0 Å². The highest BCUT2D eigenvalue weighted by molar-refractivity contribution is 5.52. The Bertz CT molecular complexity index is 484. The molecule has 94 valence electrons. The Hall–Kier alpha value is -1.94. The summed E-state index contributed by atoms with van der Waals surface area (Å²) in [6, 6.07) is 6.09. The van der Waals surface area contributed by atoms with Gasteiger partial charge in [0, 0.05) is 55.7 Å². The SMILES string of the molecule is CCN(Cc1ccncc1)c1ccncc1CN. The molecule has 2 heterocycles. The van der Waals surface area contributed by atoms with Crippen LogP contribution in [0.1, 0.15) is 18.1 Å². The van der Waals surface area contributed by atoms with Crippen molar-refractivity contribution in [3.63, 3.8) is 0 Å². The van der Waals surface area contributed by atoms with Crippen LogP contribution in [0.2, 0.25) is 0 Å². The summed E-state index contributed by atoms with van der Waals surface area (Å²) in [5, 5.41) is 0. The first-order valence-corrected chi connectivity index (χ1v) is 6.12. The summed E-state index contributed by atoms with van der Waals surface area (Å²) >= 11 is 0. The van der Waals surface area contributed by atoms with Crippen LogP contribution in [-0.4, -0.2) is 16.5 Å². The fourth-order valence-corrected chi connectivity index (χ4v) is 1.96. The van der Waals surface area contributed by atoms with Gasteiger partial charge in [0.25, 0.3) is 0 Å². The molecule has 2 rings (SSSR count). The van der Waals surface area contributed by atoms with E-state index in [1.54, 1.807) is 0 Å². The van der Waals surface area contributed by atoms with Crippen molar-refractivity contribution in [2.45, 2.75) is 20.0 Å². The number of pyridine rings is 2. The molecule has 2 aromatic rings. The second-order valence-corrected chi connectivity index (χ2v) is 4.08. The number of rotatable bonds is 5. The lowest BCUT2D eigenvalue weighted by Crippen LogP contribution is -2.24. The lowest BCUT2D eigenvalue weighted by molar-refractivity contribution is 0.817. The van der Waals surface area contributed by atoms with Crippen molar-refractivity contribution in [1.29, 1.82) is 0 Å². The van der Waals surface area contributed by atoms with Gasteiger partial charge in [-0.15, -0.1) is 0 Å². The van der Waals surface area contributed by atoms with E-state index in [1.807, 2.05) is 43.0 Å². The first-order valence-electron chi connectivity index (χ1n) is 6.12. The van der Waals surface area contributed by atoms with Crippen molar-refractivity contribution in [1.82, 2.24) is 9.97 Å². The molecule has 4 heteroatoms. The molecule has 0 amide bonds. The molecule has 0 aliphatic heterocycles. The number of hydrogen-bond acceptors (Lipinski definition) is 4. The summed E-state index contributed by atoms with van der Waals surface area (Å²) in [5.74, 6) is 0. The molecule has 18 heavy (non-hydrogen) atoms. The number of aromatic nitrogens is 2. The number of nitrogens with zero attached hydrogens (tertiary/aromatic N) is 3. The molecular formula is C14H18N4. The second-order valence-electron chi connectivity index (χ2n) is 4.08. The summed E-state index contributed by atoms with van der Waals surface area (Å²) in [4.78, 5) is 10.5. The third kappa shape index (κ3) is 2.84. The third-order valence-corrected chi connectivity index (χ3v) is 2.94. The Labute approximate surface area is 107 Å². The predicted octanol–water partition coefficient (Wildman–Crippen LogP) is 1.96. The number of nitrogens with two attached hydrogens (primary N) is 1. The van der Waals surface area contributed by atoms with E-state index in [4.69, 9.17) is 5.73 Å². The Morgan fingerprint density at radius 1 is 1.11 bits per heavy atom. The molecule has 0 aromatic carbocycles. The van der Waals surface area contributed by atoms with E-state index in [2.05, 4.69) is 21.8 Å². The van der Waals surface area contributed by atoms with Gasteiger partial charge in [-0.1, -0.05) is 0 Å². The van der Waals surface area contributed by atoms with E-state index >= 15 is 0 Å². The van der Waals surface area contributed by atoms with E-state index in [0.717, 1.165) is 24.3 Å². The topological polar surface area (TPSA) is 55.0 Å². The van der Waals surface area contributed by atoms with Gasteiger partial charge in [0.05, 0.1) is 0 Å². The highest BCUT2D eigenvalue weighted by Gasteiger charge is 2.09. The van der Waals surface area contributed by atoms with Gasteiger partial charge < -0.3 is 10.6 Å². The van der Waals surface area contributed by atoms with Crippen LogP contribution >= 0.6 is 0 Å². The quantitative estimate of drug-likeness (QED) is 0.870. The van der Waals surface area contributed by atoms with Gasteiger partial charge in [-0.3, -0.25) is 9.97 Å². The van der Waals surface area contributed by atoms with Gasteiger partial charge in [0.15, 0.2) is 0 Å². The zero-order valence-corrected chi connectivity index (χ0v) is 10.6. The average Bonchev–Trinajstić information content (AvgIpc) is 2.46. The summed E-state index contributed by atoms with van der Waals surface area (Å²) in [5.41, 5.74) is 9.24. The first-order chi connectivity index (χ1) is 8.85. The second kappa shape index (κ2) is 6.12. The molecule has 4 nitrogen and oxygen atoms in total. The van der Waals surface area contributed by atoms with Gasteiger partial charge in [-0.05, 0) is 30.7 Å². The van der Waals surface area contributed by atoms with Crippen LogP contribution in [0, 0.1) is 0 Å². The molecule has 0 fully saturated rings. The molecule has 0 unspecified atom stereocenters. The minimum Gasteiger partial charge on any atom is -0.367 e. The van der Waals surface area contributed by atoms with E-state index in [-0.39, 0.29) is 0 Å². The van der Waals surface area contributed by atoms with Crippen molar-refractivity contribution in [3.8, 4) is 0 Å². The Kier molecular flexibility index (Phi) is 4.25. The molecule has 0 saturated carbocycles. The zero-order valence-electron chi connectivity index (χ0n) is 10.6. The minimum absolute atomic E-state index is 0.510. The summed E-state index contributed by atoms with van der Waals surface area (Å²) in [6.07, 6.45) is 7.29. The van der Waals surface area contributed by atoms with Crippen LogP contribution in [0.4, 0.5) is 5.69 Å². The van der Waals surface area contributed by atoms with Crippen LogP contribution in [0.3, 0.4) is 0 Å². The van der Waals surface area contributed by atoms with Crippen LogP contribution < -0.4 is 10.6 Å². The maximum Gasteiger partial charge on any atom is 0.0445 e. The van der Waals surface area contributed by atoms with Gasteiger partial charge in [0.1, 0.15) is 0 Å². The van der Waals surface area contributed by atoms with Gasteiger partial charge in [0.2, 0.25) is 0 Å². The molecule has 0 radical (unpaired) electrons. The molecule has 0 saturated heterocycles. The first kappa shape index (κ1) is 12.5. The van der Waals surface area contributed by atoms with Crippen LogP contribution in [0.15, 0.2) is 43.0 Å². The van der Waals surface area contributed by atoms with E-state index in [0.29, 0.717) is 6.54 Å². The molecule has 2 N–H and O–H groups in total.